The van der Waals surface area contributed by atoms with Gasteiger partial charge in [-0.25, -0.2) is 4.98 Å². The van der Waals surface area contributed by atoms with Crippen molar-refractivity contribution in [1.82, 2.24) is 14.6 Å². The van der Waals surface area contributed by atoms with Crippen molar-refractivity contribution in [2.45, 2.75) is 45.6 Å². The summed E-state index contributed by atoms with van der Waals surface area (Å²) < 4.78 is 7.55. The fraction of sp³-hybridized carbons (Fsp3) is 0.381. The Bertz CT molecular complexity index is 988. The number of aromatic nitrogens is 3. The minimum Gasteiger partial charge on any atom is -0.365 e. The number of benzene rings is 1. The van der Waals surface area contributed by atoms with E-state index in [9.17, 15) is 4.79 Å². The molecule has 1 saturated heterocycles. The Hall–Kier alpha value is -2.73. The van der Waals surface area contributed by atoms with E-state index in [1.54, 1.807) is 4.52 Å². The molecule has 3 heterocycles. The van der Waals surface area contributed by atoms with Gasteiger partial charge >= 0.3 is 0 Å². The minimum atomic E-state index is -0.822. The van der Waals surface area contributed by atoms with Crippen molar-refractivity contribution in [3.8, 4) is 11.1 Å². The lowest BCUT2D eigenvalue weighted by atomic mass is 9.95. The van der Waals surface area contributed by atoms with Crippen LogP contribution in [0.5, 0.6) is 0 Å². The van der Waals surface area contributed by atoms with E-state index >= 15 is 0 Å². The fourth-order valence-corrected chi connectivity index (χ4v) is 3.65. The number of carbonyl (C=O) groups excluding carboxylic acids is 1. The molecule has 0 spiro atoms. The zero-order valence-corrected chi connectivity index (χ0v) is 16.0. The van der Waals surface area contributed by atoms with Crippen LogP contribution in [0, 0.1) is 13.8 Å². The van der Waals surface area contributed by atoms with Gasteiger partial charge in [0, 0.05) is 18.2 Å². The molecular formula is C21H24N4O2. The lowest BCUT2D eigenvalue weighted by Crippen LogP contribution is -2.45. The van der Waals surface area contributed by atoms with Crippen molar-refractivity contribution in [3.05, 3.63) is 47.8 Å². The zero-order valence-electron chi connectivity index (χ0n) is 16.0. The lowest BCUT2D eigenvalue weighted by Gasteiger charge is -2.32. The predicted molar refractivity (Wildman–Crippen MR) is 105 cm³/mol. The summed E-state index contributed by atoms with van der Waals surface area (Å²) in [6, 6.07) is 11.9. The predicted octanol–water partition coefficient (Wildman–Crippen LogP) is 3.91. The Kier molecular flexibility index (Phi) is 4.44. The quantitative estimate of drug-likeness (QED) is 0.765. The number of nitrogens with zero attached hydrogens (tertiary/aromatic N) is 3. The second kappa shape index (κ2) is 6.78. The molecular weight excluding hydrogens is 340 g/mol. The standard InChI is InChI=1S/C21H24N4O2/c1-14-13-17-22-15(2)18(16-9-5-4-6-10-16)19(25(17)24-14)23-20(26)21(3)11-7-8-12-27-21/h4-6,9-10,13H,7-8,11-12H2,1-3H3,(H,23,26). The first-order valence-electron chi connectivity index (χ1n) is 9.36. The molecule has 1 amide bonds. The summed E-state index contributed by atoms with van der Waals surface area (Å²) >= 11 is 0. The van der Waals surface area contributed by atoms with E-state index in [0.29, 0.717) is 18.8 Å². The number of amides is 1. The van der Waals surface area contributed by atoms with E-state index in [4.69, 9.17) is 4.74 Å². The largest absolute Gasteiger partial charge is 0.365 e. The molecule has 1 unspecified atom stereocenters. The van der Waals surface area contributed by atoms with E-state index in [-0.39, 0.29) is 5.91 Å². The summed E-state index contributed by atoms with van der Waals surface area (Å²) in [4.78, 5) is 17.8. The number of carbonyl (C=O) groups is 1. The van der Waals surface area contributed by atoms with E-state index in [2.05, 4.69) is 15.4 Å². The van der Waals surface area contributed by atoms with E-state index in [1.807, 2.05) is 57.2 Å². The normalized spacial score (nSPS) is 20.0. The summed E-state index contributed by atoms with van der Waals surface area (Å²) in [6.45, 7) is 6.35. The number of aryl methyl sites for hydroxylation is 2. The van der Waals surface area contributed by atoms with Gasteiger partial charge in [0.15, 0.2) is 5.65 Å². The summed E-state index contributed by atoms with van der Waals surface area (Å²) in [7, 11) is 0. The highest BCUT2D eigenvalue weighted by Gasteiger charge is 2.37. The van der Waals surface area contributed by atoms with Gasteiger partial charge < -0.3 is 10.1 Å². The maximum Gasteiger partial charge on any atom is 0.257 e. The first kappa shape index (κ1) is 17.7. The average Bonchev–Trinajstić information content (AvgIpc) is 3.03. The van der Waals surface area contributed by atoms with Crippen LogP contribution >= 0.6 is 0 Å². The van der Waals surface area contributed by atoms with E-state index in [0.717, 1.165) is 41.0 Å². The van der Waals surface area contributed by atoms with Gasteiger partial charge in [-0.2, -0.15) is 9.61 Å². The summed E-state index contributed by atoms with van der Waals surface area (Å²) in [5.74, 6) is 0.497. The maximum atomic E-state index is 13.1. The molecule has 1 aliphatic heterocycles. The smallest absolute Gasteiger partial charge is 0.257 e. The highest BCUT2D eigenvalue weighted by Crippen LogP contribution is 2.33. The van der Waals surface area contributed by atoms with Crippen molar-refractivity contribution < 1.29 is 9.53 Å². The van der Waals surface area contributed by atoms with E-state index < -0.39 is 5.60 Å². The third kappa shape index (κ3) is 3.21. The zero-order chi connectivity index (χ0) is 19.0. The molecule has 1 fully saturated rings. The number of ether oxygens (including phenoxy) is 1. The van der Waals surface area contributed by atoms with Gasteiger partial charge in [-0.3, -0.25) is 4.79 Å². The molecule has 1 atom stereocenters. The van der Waals surface area contributed by atoms with Crippen LogP contribution in [-0.2, 0) is 9.53 Å². The molecule has 0 bridgehead atoms. The lowest BCUT2D eigenvalue weighted by molar-refractivity contribution is -0.144. The first-order valence-corrected chi connectivity index (χ1v) is 9.36. The third-order valence-corrected chi connectivity index (χ3v) is 5.15. The molecule has 1 aromatic carbocycles. The van der Waals surface area contributed by atoms with Crippen LogP contribution in [-0.4, -0.2) is 32.7 Å². The van der Waals surface area contributed by atoms with Crippen LogP contribution in [0.25, 0.3) is 16.8 Å². The molecule has 27 heavy (non-hydrogen) atoms. The summed E-state index contributed by atoms with van der Waals surface area (Å²) in [6.07, 6.45) is 2.70. The number of nitrogens with one attached hydrogen (secondary N) is 1. The van der Waals surface area contributed by atoms with Gasteiger partial charge in [-0.05, 0) is 45.6 Å². The molecule has 4 rings (SSSR count). The van der Waals surface area contributed by atoms with Crippen molar-refractivity contribution >= 4 is 17.4 Å². The Morgan fingerprint density at radius 1 is 1.22 bits per heavy atom. The van der Waals surface area contributed by atoms with Crippen LogP contribution < -0.4 is 5.32 Å². The molecule has 2 aromatic heterocycles. The molecule has 0 aliphatic carbocycles. The van der Waals surface area contributed by atoms with Gasteiger partial charge in [-0.1, -0.05) is 30.3 Å². The molecule has 140 valence electrons. The fourth-order valence-electron chi connectivity index (χ4n) is 3.65. The summed E-state index contributed by atoms with van der Waals surface area (Å²) in [5, 5.41) is 7.67. The third-order valence-electron chi connectivity index (χ3n) is 5.15. The number of rotatable bonds is 3. The van der Waals surface area contributed by atoms with Crippen molar-refractivity contribution in [1.29, 1.82) is 0 Å². The van der Waals surface area contributed by atoms with Crippen LogP contribution in [0.1, 0.15) is 37.6 Å². The minimum absolute atomic E-state index is 0.139. The second-order valence-corrected chi connectivity index (χ2v) is 7.33. The van der Waals surface area contributed by atoms with Gasteiger partial charge in [0.25, 0.3) is 5.91 Å². The Morgan fingerprint density at radius 2 is 2.00 bits per heavy atom. The van der Waals surface area contributed by atoms with Crippen LogP contribution in [0.2, 0.25) is 0 Å². The molecule has 0 saturated carbocycles. The van der Waals surface area contributed by atoms with Gasteiger partial charge in [0.1, 0.15) is 11.4 Å². The second-order valence-electron chi connectivity index (χ2n) is 7.33. The van der Waals surface area contributed by atoms with Crippen LogP contribution in [0.3, 0.4) is 0 Å². The summed E-state index contributed by atoms with van der Waals surface area (Å²) in [5.41, 5.74) is 3.45. The van der Waals surface area contributed by atoms with E-state index in [1.165, 1.54) is 0 Å². The molecule has 6 nitrogen and oxygen atoms in total. The van der Waals surface area contributed by atoms with Crippen molar-refractivity contribution in [2.24, 2.45) is 0 Å². The monoisotopic (exact) mass is 364 g/mol. The topological polar surface area (TPSA) is 68.5 Å². The Balaban J connectivity index is 1.85. The van der Waals surface area contributed by atoms with Gasteiger partial charge in [0.2, 0.25) is 0 Å². The highest BCUT2D eigenvalue weighted by molar-refractivity contribution is 6.00. The van der Waals surface area contributed by atoms with Crippen LogP contribution in [0.15, 0.2) is 36.4 Å². The molecule has 0 radical (unpaired) electrons. The van der Waals surface area contributed by atoms with Gasteiger partial charge in [0.05, 0.1) is 11.4 Å². The average molecular weight is 364 g/mol. The molecule has 3 aromatic rings. The van der Waals surface area contributed by atoms with Crippen molar-refractivity contribution in [2.75, 3.05) is 11.9 Å². The molecule has 1 aliphatic rings. The highest BCUT2D eigenvalue weighted by atomic mass is 16.5. The molecule has 6 heteroatoms. The molecule has 1 N–H and O–H groups in total. The van der Waals surface area contributed by atoms with Gasteiger partial charge in [-0.15, -0.1) is 0 Å². The first-order chi connectivity index (χ1) is 13.0. The maximum absolute atomic E-state index is 13.1. The Morgan fingerprint density at radius 3 is 2.70 bits per heavy atom. The number of hydrogen-bond acceptors (Lipinski definition) is 4. The number of anilines is 1. The number of fused-ring (bicyclic) bond motifs is 1. The number of hydrogen-bond donors (Lipinski definition) is 1. The Labute approximate surface area is 158 Å². The van der Waals surface area contributed by atoms with Crippen LogP contribution in [0.4, 0.5) is 5.82 Å². The van der Waals surface area contributed by atoms with Crippen molar-refractivity contribution in [3.63, 3.8) is 0 Å². The SMILES string of the molecule is Cc1cc2nc(C)c(-c3ccccc3)c(NC(=O)C3(C)CCCCO3)n2n1.